The number of nitrogens with zero attached hydrogens (tertiary/aromatic N) is 1. The highest BCUT2D eigenvalue weighted by molar-refractivity contribution is 4.93. The van der Waals surface area contributed by atoms with Gasteiger partial charge in [-0.05, 0) is 58.0 Å². The van der Waals surface area contributed by atoms with E-state index in [0.717, 1.165) is 19.3 Å². The van der Waals surface area contributed by atoms with E-state index in [2.05, 4.69) is 32.6 Å². The van der Waals surface area contributed by atoms with Gasteiger partial charge in [0.25, 0.3) is 0 Å². The lowest BCUT2D eigenvalue weighted by molar-refractivity contribution is -0.0190. The van der Waals surface area contributed by atoms with E-state index < -0.39 is 0 Å². The van der Waals surface area contributed by atoms with Crippen LogP contribution in [-0.2, 0) is 0 Å². The Morgan fingerprint density at radius 2 is 1.75 bits per heavy atom. The summed E-state index contributed by atoms with van der Waals surface area (Å²) in [6.07, 6.45) is 5.55. The molecule has 1 N–H and O–H groups in total. The van der Waals surface area contributed by atoms with Gasteiger partial charge in [0.15, 0.2) is 0 Å². The fourth-order valence-electron chi connectivity index (χ4n) is 2.70. The first-order chi connectivity index (χ1) is 7.50. The Bertz CT molecular complexity index is 199. The van der Waals surface area contributed by atoms with Gasteiger partial charge in [-0.2, -0.15) is 0 Å². The van der Waals surface area contributed by atoms with Gasteiger partial charge in [0, 0.05) is 5.54 Å². The molecule has 1 fully saturated rings. The van der Waals surface area contributed by atoms with E-state index in [1.807, 2.05) is 0 Å². The quantitative estimate of drug-likeness (QED) is 0.754. The van der Waals surface area contributed by atoms with Crippen LogP contribution in [0.2, 0.25) is 0 Å². The van der Waals surface area contributed by atoms with Gasteiger partial charge in [-0.3, -0.25) is 4.90 Å². The molecule has 0 bridgehead atoms. The van der Waals surface area contributed by atoms with Crippen LogP contribution in [0, 0.1) is 5.92 Å². The molecule has 16 heavy (non-hydrogen) atoms. The first-order valence-electron chi connectivity index (χ1n) is 6.93. The second kappa shape index (κ2) is 6.02. The topological polar surface area (TPSA) is 23.5 Å². The van der Waals surface area contributed by atoms with E-state index in [1.165, 1.54) is 25.9 Å². The molecular formula is C14H29NO. The van der Waals surface area contributed by atoms with Crippen molar-refractivity contribution in [1.82, 2.24) is 4.90 Å². The molecule has 1 heterocycles. The SMILES string of the molecule is CCC(C)(C(O)CCC(C)C)N1CCCC1. The normalized spacial score (nSPS) is 23.6. The van der Waals surface area contributed by atoms with Crippen molar-refractivity contribution in [3.05, 3.63) is 0 Å². The highest BCUT2D eigenvalue weighted by Gasteiger charge is 2.38. The van der Waals surface area contributed by atoms with Crippen molar-refractivity contribution in [2.45, 2.75) is 71.4 Å². The minimum atomic E-state index is -0.169. The Labute approximate surface area is 101 Å². The van der Waals surface area contributed by atoms with E-state index in [1.54, 1.807) is 0 Å². The highest BCUT2D eigenvalue weighted by atomic mass is 16.3. The van der Waals surface area contributed by atoms with E-state index in [4.69, 9.17) is 0 Å². The van der Waals surface area contributed by atoms with Gasteiger partial charge in [0.2, 0.25) is 0 Å². The average molecular weight is 227 g/mol. The van der Waals surface area contributed by atoms with Crippen molar-refractivity contribution in [2.24, 2.45) is 5.92 Å². The number of likely N-dealkylation sites (tertiary alicyclic amines) is 1. The fraction of sp³-hybridized carbons (Fsp3) is 1.00. The van der Waals surface area contributed by atoms with E-state index in [9.17, 15) is 5.11 Å². The molecule has 1 rings (SSSR count). The van der Waals surface area contributed by atoms with E-state index in [-0.39, 0.29) is 11.6 Å². The third-order valence-corrected chi connectivity index (χ3v) is 4.28. The Kier molecular flexibility index (Phi) is 5.26. The summed E-state index contributed by atoms with van der Waals surface area (Å²) in [6, 6.07) is 0. The molecular weight excluding hydrogens is 198 g/mol. The first-order valence-corrected chi connectivity index (χ1v) is 6.93. The standard InChI is InChI=1S/C14H29NO/c1-5-14(4,15-10-6-7-11-15)13(16)9-8-12(2)3/h12-13,16H,5-11H2,1-4H3. The molecule has 2 atom stereocenters. The smallest absolute Gasteiger partial charge is 0.0721 e. The zero-order valence-electron chi connectivity index (χ0n) is 11.5. The van der Waals surface area contributed by atoms with Crippen molar-refractivity contribution in [2.75, 3.05) is 13.1 Å². The zero-order valence-corrected chi connectivity index (χ0v) is 11.5. The van der Waals surface area contributed by atoms with Crippen molar-refractivity contribution >= 4 is 0 Å². The number of hydrogen-bond donors (Lipinski definition) is 1. The van der Waals surface area contributed by atoms with Gasteiger partial charge in [-0.15, -0.1) is 0 Å². The van der Waals surface area contributed by atoms with Gasteiger partial charge in [-0.25, -0.2) is 0 Å². The summed E-state index contributed by atoms with van der Waals surface area (Å²) in [6.45, 7) is 11.2. The summed E-state index contributed by atoms with van der Waals surface area (Å²) >= 11 is 0. The third-order valence-electron chi connectivity index (χ3n) is 4.28. The maximum absolute atomic E-state index is 10.4. The summed E-state index contributed by atoms with van der Waals surface area (Å²) in [7, 11) is 0. The number of rotatable bonds is 6. The molecule has 0 amide bonds. The second-order valence-corrected chi connectivity index (χ2v) is 5.89. The molecule has 1 aliphatic rings. The second-order valence-electron chi connectivity index (χ2n) is 5.89. The molecule has 2 heteroatoms. The largest absolute Gasteiger partial charge is 0.391 e. The molecule has 0 saturated carbocycles. The molecule has 0 aliphatic carbocycles. The molecule has 2 unspecified atom stereocenters. The predicted octanol–water partition coefficient (Wildman–Crippen LogP) is 3.05. The van der Waals surface area contributed by atoms with Crippen LogP contribution < -0.4 is 0 Å². The molecule has 0 spiro atoms. The van der Waals surface area contributed by atoms with E-state index >= 15 is 0 Å². The van der Waals surface area contributed by atoms with Crippen LogP contribution >= 0.6 is 0 Å². The summed E-state index contributed by atoms with van der Waals surface area (Å²) in [5, 5.41) is 10.4. The number of hydrogen-bond acceptors (Lipinski definition) is 2. The maximum Gasteiger partial charge on any atom is 0.0721 e. The van der Waals surface area contributed by atoms with Crippen LogP contribution in [0.1, 0.15) is 59.8 Å². The van der Waals surface area contributed by atoms with E-state index in [0.29, 0.717) is 5.92 Å². The molecule has 1 aliphatic heterocycles. The average Bonchev–Trinajstić information content (AvgIpc) is 2.78. The first kappa shape index (κ1) is 14.0. The lowest BCUT2D eigenvalue weighted by atomic mass is 9.86. The van der Waals surface area contributed by atoms with Gasteiger partial charge >= 0.3 is 0 Å². The lowest BCUT2D eigenvalue weighted by Gasteiger charge is -2.42. The van der Waals surface area contributed by atoms with Gasteiger partial charge < -0.3 is 5.11 Å². The van der Waals surface area contributed by atoms with Gasteiger partial charge in [-0.1, -0.05) is 20.8 Å². The molecule has 1 saturated heterocycles. The molecule has 0 aromatic carbocycles. The van der Waals surface area contributed by atoms with Crippen LogP contribution in [0.25, 0.3) is 0 Å². The van der Waals surface area contributed by atoms with Crippen LogP contribution in [0.15, 0.2) is 0 Å². The summed E-state index contributed by atoms with van der Waals surface area (Å²) in [4.78, 5) is 2.50. The summed E-state index contributed by atoms with van der Waals surface area (Å²) < 4.78 is 0. The van der Waals surface area contributed by atoms with Crippen LogP contribution in [0.5, 0.6) is 0 Å². The summed E-state index contributed by atoms with van der Waals surface area (Å²) in [5.41, 5.74) is 0.00535. The maximum atomic E-state index is 10.4. The number of aliphatic hydroxyl groups excluding tert-OH is 1. The molecule has 0 aromatic heterocycles. The van der Waals surface area contributed by atoms with Crippen molar-refractivity contribution in [3.8, 4) is 0 Å². The van der Waals surface area contributed by atoms with Gasteiger partial charge in [0.1, 0.15) is 0 Å². The van der Waals surface area contributed by atoms with Gasteiger partial charge in [0.05, 0.1) is 6.10 Å². The highest BCUT2D eigenvalue weighted by Crippen LogP contribution is 2.30. The van der Waals surface area contributed by atoms with Crippen molar-refractivity contribution < 1.29 is 5.11 Å². The minimum Gasteiger partial charge on any atom is -0.391 e. The molecule has 0 radical (unpaired) electrons. The predicted molar refractivity (Wildman–Crippen MR) is 69.6 cm³/mol. The molecule has 0 aromatic rings. The van der Waals surface area contributed by atoms with Crippen LogP contribution in [-0.4, -0.2) is 34.7 Å². The van der Waals surface area contributed by atoms with Crippen molar-refractivity contribution in [1.29, 1.82) is 0 Å². The zero-order chi connectivity index (χ0) is 12.2. The Morgan fingerprint density at radius 3 is 2.19 bits per heavy atom. The Morgan fingerprint density at radius 1 is 1.19 bits per heavy atom. The van der Waals surface area contributed by atoms with Crippen LogP contribution in [0.3, 0.4) is 0 Å². The minimum absolute atomic E-state index is 0.00535. The lowest BCUT2D eigenvalue weighted by Crippen LogP contribution is -2.53. The third kappa shape index (κ3) is 3.21. The summed E-state index contributed by atoms with van der Waals surface area (Å²) in [5.74, 6) is 0.689. The Hall–Kier alpha value is -0.0800. The van der Waals surface area contributed by atoms with Crippen molar-refractivity contribution in [3.63, 3.8) is 0 Å². The molecule has 96 valence electrons. The Balaban J connectivity index is 2.55. The number of aliphatic hydroxyl groups is 1. The fourth-order valence-corrected chi connectivity index (χ4v) is 2.70. The van der Waals surface area contributed by atoms with Crippen LogP contribution in [0.4, 0.5) is 0 Å². The molecule has 2 nitrogen and oxygen atoms in total. The monoisotopic (exact) mass is 227 g/mol.